The van der Waals surface area contributed by atoms with Gasteiger partial charge in [-0.2, -0.15) is 5.10 Å². The molecule has 2 heterocycles. The van der Waals surface area contributed by atoms with Crippen molar-refractivity contribution in [3.63, 3.8) is 0 Å². The van der Waals surface area contributed by atoms with Gasteiger partial charge < -0.3 is 13.7 Å². The molecule has 0 saturated carbocycles. The van der Waals surface area contributed by atoms with Gasteiger partial charge in [-0.05, 0) is 35.9 Å². The summed E-state index contributed by atoms with van der Waals surface area (Å²) in [6, 6.07) is 20.7. The molecule has 0 bridgehead atoms. The maximum absolute atomic E-state index is 12.6. The van der Waals surface area contributed by atoms with Crippen molar-refractivity contribution in [1.82, 2.24) is 9.99 Å². The van der Waals surface area contributed by atoms with Gasteiger partial charge in [0.2, 0.25) is 0 Å². The van der Waals surface area contributed by atoms with E-state index >= 15 is 0 Å². The molecule has 170 valence electrons. The van der Waals surface area contributed by atoms with Gasteiger partial charge in [0.25, 0.3) is 0 Å². The molecule has 34 heavy (non-hydrogen) atoms. The fraction of sp³-hybridized carbons (Fsp3) is 0.0769. The van der Waals surface area contributed by atoms with E-state index in [9.17, 15) is 4.79 Å². The fourth-order valence-electron chi connectivity index (χ4n) is 3.87. The quantitative estimate of drug-likeness (QED) is 0.217. The number of furan rings is 1. The van der Waals surface area contributed by atoms with Crippen LogP contribution in [0, 0.1) is 0 Å². The number of benzene rings is 3. The van der Waals surface area contributed by atoms with Crippen LogP contribution in [0.5, 0.6) is 5.75 Å². The second kappa shape index (κ2) is 9.25. The summed E-state index contributed by atoms with van der Waals surface area (Å²) in [5.74, 6) is 0.266. The third-order valence-corrected chi connectivity index (χ3v) is 6.22. The number of fused-ring (bicyclic) bond motifs is 2. The molecule has 0 aliphatic rings. The van der Waals surface area contributed by atoms with Crippen molar-refractivity contribution in [2.24, 2.45) is 5.10 Å². The first-order valence-corrected chi connectivity index (χ1v) is 11.2. The van der Waals surface area contributed by atoms with Crippen molar-refractivity contribution in [2.75, 3.05) is 7.11 Å². The molecule has 3 aromatic carbocycles. The van der Waals surface area contributed by atoms with Gasteiger partial charge in [-0.15, -0.1) is 0 Å². The van der Waals surface area contributed by atoms with Crippen molar-refractivity contribution in [1.29, 1.82) is 0 Å². The molecule has 8 heteroatoms. The molecule has 0 saturated heterocycles. The van der Waals surface area contributed by atoms with Crippen LogP contribution < -0.4 is 10.2 Å². The lowest BCUT2D eigenvalue weighted by atomic mass is 10.2. The number of rotatable bonds is 6. The number of hydrazone groups is 1. The minimum atomic E-state index is -0.450. The average Bonchev–Trinajstić information content (AvgIpc) is 3.43. The predicted molar refractivity (Wildman–Crippen MR) is 135 cm³/mol. The highest BCUT2D eigenvalue weighted by Crippen LogP contribution is 2.28. The summed E-state index contributed by atoms with van der Waals surface area (Å²) < 4.78 is 13.1. The van der Waals surface area contributed by atoms with Crippen LogP contribution in [-0.2, 0) is 6.54 Å². The topological polar surface area (TPSA) is 68.8 Å². The number of amides is 1. The maximum Gasteiger partial charge on any atom is 0.307 e. The van der Waals surface area contributed by atoms with Gasteiger partial charge in [0.05, 0.1) is 23.4 Å². The van der Waals surface area contributed by atoms with E-state index in [2.05, 4.69) is 15.1 Å². The van der Waals surface area contributed by atoms with Gasteiger partial charge in [-0.3, -0.25) is 4.79 Å². The number of methoxy groups -OCH3 is 1. The van der Waals surface area contributed by atoms with Crippen LogP contribution in [0.4, 0.5) is 0 Å². The number of carbonyl (C=O) groups is 1. The summed E-state index contributed by atoms with van der Waals surface area (Å²) in [4.78, 5) is 12.6. The van der Waals surface area contributed by atoms with E-state index in [4.69, 9.17) is 32.4 Å². The standard InChI is InChI=1S/C26H19Cl2N3O3/c1-33-23-8-4-5-17-12-24(34-25(17)23)26(32)30-29-13-18-15-31(22-7-3-2-6-19(18)22)14-16-9-10-20(27)21(28)11-16/h2-13,15H,14H2,1H3,(H,30,32)/b29-13-. The van der Waals surface area contributed by atoms with E-state index in [1.165, 1.54) is 0 Å². The van der Waals surface area contributed by atoms with Crippen LogP contribution in [0.15, 0.2) is 82.4 Å². The van der Waals surface area contributed by atoms with Gasteiger partial charge in [0, 0.05) is 34.6 Å². The molecule has 5 aromatic rings. The summed E-state index contributed by atoms with van der Waals surface area (Å²) in [5, 5.41) is 6.98. The molecule has 0 aliphatic heterocycles. The number of hydrogen-bond acceptors (Lipinski definition) is 4. The Morgan fingerprint density at radius 1 is 1.09 bits per heavy atom. The summed E-state index contributed by atoms with van der Waals surface area (Å²) in [6.45, 7) is 0.610. The molecule has 0 aliphatic carbocycles. The zero-order valence-electron chi connectivity index (χ0n) is 18.1. The Morgan fingerprint density at radius 3 is 2.76 bits per heavy atom. The molecular weight excluding hydrogens is 473 g/mol. The number of nitrogens with zero attached hydrogens (tertiary/aromatic N) is 2. The molecule has 0 unspecified atom stereocenters. The summed E-state index contributed by atoms with van der Waals surface area (Å²) in [6.07, 6.45) is 3.60. The molecule has 1 N–H and O–H groups in total. The smallest absolute Gasteiger partial charge is 0.307 e. The Bertz CT molecular complexity index is 1550. The normalized spacial score (nSPS) is 11.5. The SMILES string of the molecule is COc1cccc2cc(C(=O)N/N=C\c3cn(Cc4ccc(Cl)c(Cl)c4)c4ccccc34)oc12. The van der Waals surface area contributed by atoms with Crippen LogP contribution in [0.1, 0.15) is 21.7 Å². The van der Waals surface area contributed by atoms with Gasteiger partial charge in [-0.1, -0.05) is 59.6 Å². The van der Waals surface area contributed by atoms with E-state index in [1.807, 2.05) is 54.7 Å². The number of aromatic nitrogens is 1. The van der Waals surface area contributed by atoms with Gasteiger partial charge in [-0.25, -0.2) is 5.43 Å². The van der Waals surface area contributed by atoms with E-state index in [0.717, 1.165) is 27.4 Å². The van der Waals surface area contributed by atoms with Gasteiger partial charge >= 0.3 is 5.91 Å². The van der Waals surface area contributed by atoms with Crippen molar-refractivity contribution < 1.29 is 13.9 Å². The third kappa shape index (κ3) is 4.25. The summed E-state index contributed by atoms with van der Waals surface area (Å²) in [7, 11) is 1.55. The molecule has 0 spiro atoms. The largest absolute Gasteiger partial charge is 0.493 e. The van der Waals surface area contributed by atoms with Crippen molar-refractivity contribution in [2.45, 2.75) is 6.54 Å². The van der Waals surface area contributed by atoms with Crippen molar-refractivity contribution >= 4 is 57.2 Å². The highest BCUT2D eigenvalue weighted by atomic mass is 35.5. The Labute approximate surface area is 205 Å². The predicted octanol–water partition coefficient (Wildman–Crippen LogP) is 6.52. The second-order valence-corrected chi connectivity index (χ2v) is 8.48. The van der Waals surface area contributed by atoms with E-state index in [0.29, 0.717) is 27.9 Å². The number of hydrogen-bond donors (Lipinski definition) is 1. The third-order valence-electron chi connectivity index (χ3n) is 5.48. The first-order chi connectivity index (χ1) is 16.5. The Balaban J connectivity index is 1.38. The molecule has 6 nitrogen and oxygen atoms in total. The lowest BCUT2D eigenvalue weighted by Crippen LogP contribution is -2.16. The minimum Gasteiger partial charge on any atom is -0.493 e. The van der Waals surface area contributed by atoms with Gasteiger partial charge in [0.1, 0.15) is 0 Å². The molecule has 2 aromatic heterocycles. The Kier molecular flexibility index (Phi) is 6.01. The Hall–Kier alpha value is -3.74. The Morgan fingerprint density at radius 2 is 1.94 bits per heavy atom. The zero-order chi connectivity index (χ0) is 23.7. The van der Waals surface area contributed by atoms with Crippen molar-refractivity contribution in [3.05, 3.63) is 99.9 Å². The highest BCUT2D eigenvalue weighted by molar-refractivity contribution is 6.42. The number of carbonyl (C=O) groups excluding carboxylic acids is 1. The lowest BCUT2D eigenvalue weighted by Gasteiger charge is -2.06. The van der Waals surface area contributed by atoms with Crippen LogP contribution >= 0.6 is 23.2 Å². The first-order valence-electron chi connectivity index (χ1n) is 10.5. The fourth-order valence-corrected chi connectivity index (χ4v) is 4.19. The maximum atomic E-state index is 12.6. The van der Waals surface area contributed by atoms with E-state index in [1.54, 1.807) is 31.5 Å². The van der Waals surface area contributed by atoms with Crippen LogP contribution in [0.3, 0.4) is 0 Å². The van der Waals surface area contributed by atoms with Crippen LogP contribution in [0.25, 0.3) is 21.9 Å². The number of nitrogens with one attached hydrogen (secondary N) is 1. The molecule has 5 rings (SSSR count). The monoisotopic (exact) mass is 491 g/mol. The zero-order valence-corrected chi connectivity index (χ0v) is 19.6. The van der Waals surface area contributed by atoms with E-state index < -0.39 is 5.91 Å². The lowest BCUT2D eigenvalue weighted by molar-refractivity contribution is 0.0929. The highest BCUT2D eigenvalue weighted by Gasteiger charge is 2.14. The molecule has 0 atom stereocenters. The molecule has 0 radical (unpaired) electrons. The first kappa shape index (κ1) is 22.1. The summed E-state index contributed by atoms with van der Waals surface area (Å²) in [5.41, 5.74) is 5.97. The average molecular weight is 492 g/mol. The van der Waals surface area contributed by atoms with Gasteiger partial charge in [0.15, 0.2) is 17.1 Å². The number of para-hydroxylation sites is 2. The van der Waals surface area contributed by atoms with E-state index in [-0.39, 0.29) is 5.76 Å². The van der Waals surface area contributed by atoms with Crippen molar-refractivity contribution in [3.8, 4) is 5.75 Å². The minimum absolute atomic E-state index is 0.152. The molecular formula is C26H19Cl2N3O3. The second-order valence-electron chi connectivity index (χ2n) is 7.67. The van der Waals surface area contributed by atoms with Crippen LogP contribution in [-0.4, -0.2) is 23.8 Å². The number of ether oxygens (including phenoxy) is 1. The number of halogens is 2. The van der Waals surface area contributed by atoms with Crippen LogP contribution in [0.2, 0.25) is 10.0 Å². The molecule has 1 amide bonds. The molecule has 0 fully saturated rings. The summed E-state index contributed by atoms with van der Waals surface area (Å²) >= 11 is 12.2.